The molecule has 2 saturated heterocycles. The van der Waals surface area contributed by atoms with Gasteiger partial charge < -0.3 is 20.1 Å². The van der Waals surface area contributed by atoms with Crippen molar-refractivity contribution < 1.29 is 9.47 Å². The Bertz CT molecular complexity index is 894. The van der Waals surface area contributed by atoms with Crippen LogP contribution in [0.15, 0.2) is 18.6 Å². The third-order valence-electron chi connectivity index (χ3n) is 6.11. The molecule has 0 radical (unpaired) electrons. The number of hydrogen-bond donors (Lipinski definition) is 3. The summed E-state index contributed by atoms with van der Waals surface area (Å²) in [6.45, 7) is 1.20. The van der Waals surface area contributed by atoms with Crippen molar-refractivity contribution in [3.8, 4) is 0 Å². The Labute approximate surface area is 191 Å². The molecule has 2 aliphatic heterocycles. The van der Waals surface area contributed by atoms with Crippen molar-refractivity contribution in [2.45, 2.75) is 50.0 Å². The van der Waals surface area contributed by atoms with E-state index < -0.39 is 0 Å². The zero-order valence-electron chi connectivity index (χ0n) is 17.5. The highest BCUT2D eigenvalue weighted by Gasteiger charge is 2.48. The molecule has 4 unspecified atom stereocenters. The van der Waals surface area contributed by atoms with Gasteiger partial charge in [-0.15, -0.1) is 0 Å². The molecule has 0 bridgehead atoms. The van der Waals surface area contributed by atoms with Gasteiger partial charge in [0.05, 0.1) is 43.4 Å². The van der Waals surface area contributed by atoms with Crippen LogP contribution in [0.25, 0.3) is 0 Å². The van der Waals surface area contributed by atoms with Crippen molar-refractivity contribution in [1.82, 2.24) is 24.5 Å². The molecular formula is C20H28ClN7O2S. The van der Waals surface area contributed by atoms with Crippen LogP contribution < -0.4 is 15.4 Å². The Hall–Kier alpha value is -1.59. The van der Waals surface area contributed by atoms with Crippen molar-refractivity contribution in [2.24, 2.45) is 13.0 Å². The minimum atomic E-state index is -0.0367. The van der Waals surface area contributed by atoms with Gasteiger partial charge in [-0.05, 0) is 18.8 Å². The molecule has 4 heterocycles. The number of nitrogens with one attached hydrogen (secondary N) is 3. The molecule has 3 N–H and O–H groups in total. The van der Waals surface area contributed by atoms with Crippen LogP contribution in [-0.4, -0.2) is 63.0 Å². The summed E-state index contributed by atoms with van der Waals surface area (Å²) in [5, 5.41) is 11.1. The molecule has 168 valence electrons. The van der Waals surface area contributed by atoms with Gasteiger partial charge >= 0.3 is 0 Å². The average Bonchev–Trinajstić information content (AvgIpc) is 3.53. The van der Waals surface area contributed by atoms with E-state index in [1.807, 2.05) is 25.2 Å². The lowest BCUT2D eigenvalue weighted by atomic mass is 10.1. The summed E-state index contributed by atoms with van der Waals surface area (Å²) in [5.74, 6) is 3.03. The average molecular weight is 466 g/mol. The van der Waals surface area contributed by atoms with Gasteiger partial charge in [-0.2, -0.15) is 10.1 Å². The van der Waals surface area contributed by atoms with Gasteiger partial charge in [0, 0.05) is 19.0 Å². The first-order valence-electron chi connectivity index (χ1n) is 10.8. The number of halogens is 1. The molecule has 0 spiro atoms. The molecule has 5 rings (SSSR count). The Morgan fingerprint density at radius 3 is 2.71 bits per heavy atom. The normalized spacial score (nSPS) is 28.2. The maximum Gasteiger partial charge on any atom is 0.229 e. The SMILES string of the molecule is Cn1cc(Nc2ncc(Cl)c(NC3COC4C(NSCC5CCCC5)COC34)n2)cn1. The highest BCUT2D eigenvalue weighted by molar-refractivity contribution is 7.97. The van der Waals surface area contributed by atoms with Gasteiger partial charge in [0.15, 0.2) is 5.82 Å². The minimum Gasteiger partial charge on any atom is -0.371 e. The van der Waals surface area contributed by atoms with Crippen LogP contribution in [0.2, 0.25) is 5.02 Å². The van der Waals surface area contributed by atoms with E-state index in [-0.39, 0.29) is 24.3 Å². The van der Waals surface area contributed by atoms with Crippen molar-refractivity contribution in [2.75, 3.05) is 29.6 Å². The molecule has 0 amide bonds. The van der Waals surface area contributed by atoms with Gasteiger partial charge in [-0.25, -0.2) is 4.98 Å². The number of nitrogens with zero attached hydrogens (tertiary/aromatic N) is 4. The molecular weight excluding hydrogens is 438 g/mol. The molecule has 11 heteroatoms. The maximum atomic E-state index is 6.35. The largest absolute Gasteiger partial charge is 0.371 e. The summed E-state index contributed by atoms with van der Waals surface area (Å²) in [5.41, 5.74) is 0.809. The third kappa shape index (κ3) is 4.93. The fourth-order valence-corrected chi connectivity index (χ4v) is 5.72. The van der Waals surface area contributed by atoms with Crippen LogP contribution in [0.5, 0.6) is 0 Å². The Kier molecular flexibility index (Phi) is 6.51. The maximum absolute atomic E-state index is 6.35. The van der Waals surface area contributed by atoms with Crippen molar-refractivity contribution in [1.29, 1.82) is 0 Å². The van der Waals surface area contributed by atoms with E-state index in [0.29, 0.717) is 30.0 Å². The number of aryl methyl sites for hydroxylation is 1. The fraction of sp³-hybridized carbons (Fsp3) is 0.650. The van der Waals surface area contributed by atoms with E-state index in [1.54, 1.807) is 17.1 Å². The van der Waals surface area contributed by atoms with E-state index in [9.17, 15) is 0 Å². The monoisotopic (exact) mass is 465 g/mol. The highest BCUT2D eigenvalue weighted by Crippen LogP contribution is 2.32. The number of fused-ring (bicyclic) bond motifs is 1. The van der Waals surface area contributed by atoms with Gasteiger partial charge in [0.1, 0.15) is 17.2 Å². The zero-order valence-corrected chi connectivity index (χ0v) is 19.0. The van der Waals surface area contributed by atoms with E-state index >= 15 is 0 Å². The van der Waals surface area contributed by atoms with Gasteiger partial charge in [0.25, 0.3) is 0 Å². The zero-order chi connectivity index (χ0) is 21.2. The number of anilines is 3. The van der Waals surface area contributed by atoms with E-state index in [1.165, 1.54) is 31.4 Å². The molecule has 4 atom stereocenters. The summed E-state index contributed by atoms with van der Waals surface area (Å²) in [6, 6.07) is 0.183. The van der Waals surface area contributed by atoms with Gasteiger partial charge in [-0.3, -0.25) is 9.40 Å². The number of aromatic nitrogens is 4. The minimum absolute atomic E-state index is 0.0183. The summed E-state index contributed by atoms with van der Waals surface area (Å²) >= 11 is 8.18. The Morgan fingerprint density at radius 2 is 1.94 bits per heavy atom. The number of hydrogen-bond acceptors (Lipinski definition) is 9. The molecule has 31 heavy (non-hydrogen) atoms. The van der Waals surface area contributed by atoms with E-state index in [4.69, 9.17) is 21.1 Å². The standard InChI is InChI=1S/C20H28ClN7O2S/c1-28-8-13(6-23-28)24-20-22-7-14(21)19(26-20)25-15-9-29-18-16(10-30-17(15)18)27-31-11-12-4-2-3-5-12/h6-8,12,15-18,27H,2-5,9-11H2,1H3,(H2,22,24,25,26). The highest BCUT2D eigenvalue weighted by atomic mass is 35.5. The predicted molar refractivity (Wildman–Crippen MR) is 122 cm³/mol. The summed E-state index contributed by atoms with van der Waals surface area (Å²) in [7, 11) is 1.86. The van der Waals surface area contributed by atoms with Crippen molar-refractivity contribution >= 4 is 41.0 Å². The molecule has 1 aliphatic carbocycles. The molecule has 3 aliphatic rings. The van der Waals surface area contributed by atoms with Crippen LogP contribution >= 0.6 is 23.5 Å². The van der Waals surface area contributed by atoms with Crippen LogP contribution in [0.4, 0.5) is 17.5 Å². The molecule has 1 saturated carbocycles. The second kappa shape index (κ2) is 9.50. The first-order valence-corrected chi connectivity index (χ1v) is 12.2. The number of rotatable bonds is 8. The fourth-order valence-electron chi connectivity index (χ4n) is 4.49. The van der Waals surface area contributed by atoms with E-state index in [2.05, 4.69) is 30.4 Å². The first kappa shape index (κ1) is 21.3. The van der Waals surface area contributed by atoms with Crippen LogP contribution in [0.1, 0.15) is 25.7 Å². The summed E-state index contributed by atoms with van der Waals surface area (Å²) in [6.07, 6.45) is 10.6. The predicted octanol–water partition coefficient (Wildman–Crippen LogP) is 2.98. The lowest BCUT2D eigenvalue weighted by Crippen LogP contribution is -2.40. The second-order valence-electron chi connectivity index (χ2n) is 8.45. The Morgan fingerprint density at radius 1 is 1.16 bits per heavy atom. The third-order valence-corrected chi connectivity index (χ3v) is 7.49. The van der Waals surface area contributed by atoms with Crippen LogP contribution in [0.3, 0.4) is 0 Å². The molecule has 9 nitrogen and oxygen atoms in total. The van der Waals surface area contributed by atoms with Crippen molar-refractivity contribution in [3.63, 3.8) is 0 Å². The molecule has 2 aromatic rings. The molecule has 0 aromatic carbocycles. The van der Waals surface area contributed by atoms with Crippen LogP contribution in [0, 0.1) is 5.92 Å². The number of ether oxygens (including phenoxy) is 2. The lowest BCUT2D eigenvalue weighted by molar-refractivity contribution is 0.0692. The smallest absolute Gasteiger partial charge is 0.229 e. The van der Waals surface area contributed by atoms with Crippen molar-refractivity contribution in [3.05, 3.63) is 23.6 Å². The van der Waals surface area contributed by atoms with Gasteiger partial charge in [0.2, 0.25) is 5.95 Å². The van der Waals surface area contributed by atoms with E-state index in [0.717, 1.165) is 11.6 Å². The first-order chi connectivity index (χ1) is 15.2. The summed E-state index contributed by atoms with van der Waals surface area (Å²) < 4.78 is 17.5. The lowest BCUT2D eigenvalue weighted by Gasteiger charge is -2.19. The quantitative estimate of drug-likeness (QED) is 0.508. The van der Waals surface area contributed by atoms with Gasteiger partial charge in [-0.1, -0.05) is 36.4 Å². The molecule has 3 fully saturated rings. The Balaban J connectivity index is 1.17. The van der Waals surface area contributed by atoms with Crippen LogP contribution in [-0.2, 0) is 16.5 Å². The topological polar surface area (TPSA) is 98.2 Å². The second-order valence-corrected chi connectivity index (χ2v) is 9.72. The molecule has 2 aromatic heterocycles. The summed E-state index contributed by atoms with van der Waals surface area (Å²) in [4.78, 5) is 8.79.